The summed E-state index contributed by atoms with van der Waals surface area (Å²) in [5, 5.41) is 3.21. The Hall–Kier alpha value is -1.07. The molecular formula is C7H10N4O. The summed E-state index contributed by atoms with van der Waals surface area (Å²) < 4.78 is 5.45. The minimum atomic E-state index is -0.0123. The molecule has 1 aromatic heterocycles. The van der Waals surface area contributed by atoms with Gasteiger partial charge in [0.1, 0.15) is 18.8 Å². The first kappa shape index (κ1) is 7.57. The Kier molecular flexibility index (Phi) is 2.24. The summed E-state index contributed by atoms with van der Waals surface area (Å²) >= 11 is 0. The summed E-state index contributed by atoms with van der Waals surface area (Å²) in [6.45, 7) is 2.40. The molecule has 5 nitrogen and oxygen atoms in total. The molecule has 0 radical (unpaired) electrons. The summed E-state index contributed by atoms with van der Waals surface area (Å²) in [6.07, 6.45) is 2.96. The van der Waals surface area contributed by atoms with Crippen LogP contribution in [0, 0.1) is 0 Å². The van der Waals surface area contributed by atoms with Crippen molar-refractivity contribution in [1.29, 1.82) is 0 Å². The van der Waals surface area contributed by atoms with E-state index < -0.39 is 0 Å². The Balaban J connectivity index is 2.08. The van der Waals surface area contributed by atoms with Gasteiger partial charge >= 0.3 is 0 Å². The largest absolute Gasteiger partial charge is 0.368 e. The van der Waals surface area contributed by atoms with Crippen molar-refractivity contribution in [3.05, 3.63) is 18.5 Å². The highest BCUT2D eigenvalue weighted by Crippen LogP contribution is 2.12. The van der Waals surface area contributed by atoms with Gasteiger partial charge in [0, 0.05) is 13.1 Å². The molecule has 5 heteroatoms. The Labute approximate surface area is 70.2 Å². The van der Waals surface area contributed by atoms with E-state index in [4.69, 9.17) is 4.74 Å². The molecule has 0 bridgehead atoms. The van der Waals surface area contributed by atoms with Crippen LogP contribution in [0.4, 0.5) is 0 Å². The van der Waals surface area contributed by atoms with E-state index in [1.165, 1.54) is 12.7 Å². The van der Waals surface area contributed by atoms with Crippen molar-refractivity contribution in [2.45, 2.75) is 6.10 Å². The smallest absolute Gasteiger partial charge is 0.161 e. The number of morpholine rings is 1. The van der Waals surface area contributed by atoms with Crippen molar-refractivity contribution in [3.63, 3.8) is 0 Å². The summed E-state index contributed by atoms with van der Waals surface area (Å²) in [7, 11) is 0. The molecule has 1 aliphatic heterocycles. The maximum absolute atomic E-state index is 5.45. The fraction of sp³-hybridized carbons (Fsp3) is 0.571. The second kappa shape index (κ2) is 3.55. The van der Waals surface area contributed by atoms with Crippen LogP contribution in [-0.2, 0) is 4.74 Å². The van der Waals surface area contributed by atoms with Crippen LogP contribution in [0.2, 0.25) is 0 Å². The minimum Gasteiger partial charge on any atom is -0.368 e. The second-order valence-electron chi connectivity index (χ2n) is 2.56. The minimum absolute atomic E-state index is 0.0123. The van der Waals surface area contributed by atoms with Gasteiger partial charge in [-0.2, -0.15) is 0 Å². The number of nitrogens with one attached hydrogen (secondary N) is 1. The number of hydrogen-bond donors (Lipinski definition) is 1. The molecule has 12 heavy (non-hydrogen) atoms. The highest BCUT2D eigenvalue weighted by Gasteiger charge is 2.17. The molecule has 0 saturated carbocycles. The van der Waals surface area contributed by atoms with Crippen LogP contribution in [0.15, 0.2) is 12.7 Å². The lowest BCUT2D eigenvalue weighted by Gasteiger charge is -2.21. The van der Waals surface area contributed by atoms with Crippen molar-refractivity contribution >= 4 is 0 Å². The molecule has 2 rings (SSSR count). The monoisotopic (exact) mass is 166 g/mol. The predicted octanol–water partition coefficient (Wildman–Crippen LogP) is -0.468. The van der Waals surface area contributed by atoms with Gasteiger partial charge in [-0.1, -0.05) is 0 Å². The molecule has 1 aromatic rings. The first-order valence-electron chi connectivity index (χ1n) is 3.91. The van der Waals surface area contributed by atoms with E-state index in [1.807, 2.05) is 0 Å². The van der Waals surface area contributed by atoms with Gasteiger partial charge in [-0.25, -0.2) is 15.0 Å². The average molecular weight is 166 g/mol. The fourth-order valence-electron chi connectivity index (χ4n) is 1.15. The van der Waals surface area contributed by atoms with E-state index in [-0.39, 0.29) is 6.10 Å². The molecule has 0 aromatic carbocycles. The standard InChI is InChI=1S/C7H10N4O/c1-2-12-6(3-8-1)7-10-4-9-5-11-7/h4-6,8H,1-3H2. The van der Waals surface area contributed by atoms with Gasteiger partial charge in [-0.3, -0.25) is 0 Å². The maximum atomic E-state index is 5.45. The van der Waals surface area contributed by atoms with Gasteiger partial charge in [0.15, 0.2) is 5.82 Å². The molecule has 1 fully saturated rings. The van der Waals surface area contributed by atoms with Gasteiger partial charge < -0.3 is 10.1 Å². The average Bonchev–Trinajstić information content (AvgIpc) is 2.21. The number of aromatic nitrogens is 3. The predicted molar refractivity (Wildman–Crippen MR) is 41.4 cm³/mol. The Morgan fingerprint density at radius 2 is 2.25 bits per heavy atom. The van der Waals surface area contributed by atoms with E-state index in [2.05, 4.69) is 20.3 Å². The first-order chi connectivity index (χ1) is 5.97. The number of nitrogens with zero attached hydrogens (tertiary/aromatic N) is 3. The van der Waals surface area contributed by atoms with Crippen molar-refractivity contribution in [3.8, 4) is 0 Å². The number of rotatable bonds is 1. The zero-order valence-corrected chi connectivity index (χ0v) is 6.60. The second-order valence-corrected chi connectivity index (χ2v) is 2.56. The third kappa shape index (κ3) is 1.57. The van der Waals surface area contributed by atoms with Gasteiger partial charge in [0.05, 0.1) is 6.61 Å². The lowest BCUT2D eigenvalue weighted by molar-refractivity contribution is 0.0219. The van der Waals surface area contributed by atoms with Crippen LogP contribution >= 0.6 is 0 Å². The quantitative estimate of drug-likeness (QED) is 0.611. The van der Waals surface area contributed by atoms with Crippen LogP contribution in [0.5, 0.6) is 0 Å². The highest BCUT2D eigenvalue weighted by atomic mass is 16.5. The SMILES string of the molecule is c1ncnc(C2CNCCO2)n1. The molecule has 1 aliphatic rings. The molecule has 1 N–H and O–H groups in total. The molecular weight excluding hydrogens is 156 g/mol. The van der Waals surface area contributed by atoms with Gasteiger partial charge in [-0.05, 0) is 0 Å². The van der Waals surface area contributed by atoms with Crippen LogP contribution in [0.1, 0.15) is 11.9 Å². The molecule has 1 atom stereocenters. The molecule has 1 unspecified atom stereocenters. The van der Waals surface area contributed by atoms with Gasteiger partial charge in [-0.15, -0.1) is 0 Å². The van der Waals surface area contributed by atoms with Crippen LogP contribution in [0.25, 0.3) is 0 Å². The lowest BCUT2D eigenvalue weighted by Crippen LogP contribution is -2.34. The zero-order chi connectivity index (χ0) is 8.23. The fourth-order valence-corrected chi connectivity index (χ4v) is 1.15. The normalized spacial score (nSPS) is 23.8. The molecule has 0 aliphatic carbocycles. The molecule has 0 amide bonds. The van der Waals surface area contributed by atoms with E-state index in [0.717, 1.165) is 19.7 Å². The topological polar surface area (TPSA) is 59.9 Å². The first-order valence-corrected chi connectivity index (χ1v) is 3.91. The van der Waals surface area contributed by atoms with E-state index in [1.54, 1.807) is 0 Å². The highest BCUT2D eigenvalue weighted by molar-refractivity contribution is 4.90. The lowest BCUT2D eigenvalue weighted by atomic mass is 10.3. The third-order valence-corrected chi connectivity index (χ3v) is 1.73. The summed E-state index contributed by atoms with van der Waals surface area (Å²) in [5.74, 6) is 0.706. The Morgan fingerprint density at radius 1 is 1.42 bits per heavy atom. The van der Waals surface area contributed by atoms with E-state index >= 15 is 0 Å². The van der Waals surface area contributed by atoms with Crippen molar-refractivity contribution < 1.29 is 4.74 Å². The molecule has 0 spiro atoms. The summed E-state index contributed by atoms with van der Waals surface area (Å²) in [5.41, 5.74) is 0. The van der Waals surface area contributed by atoms with E-state index in [0.29, 0.717) is 5.82 Å². The zero-order valence-electron chi connectivity index (χ0n) is 6.60. The van der Waals surface area contributed by atoms with Crippen molar-refractivity contribution in [2.75, 3.05) is 19.7 Å². The van der Waals surface area contributed by atoms with Gasteiger partial charge in [0.25, 0.3) is 0 Å². The molecule has 2 heterocycles. The van der Waals surface area contributed by atoms with E-state index in [9.17, 15) is 0 Å². The number of hydrogen-bond acceptors (Lipinski definition) is 5. The Morgan fingerprint density at radius 3 is 2.92 bits per heavy atom. The van der Waals surface area contributed by atoms with Crippen molar-refractivity contribution in [1.82, 2.24) is 20.3 Å². The van der Waals surface area contributed by atoms with Gasteiger partial charge in [0.2, 0.25) is 0 Å². The van der Waals surface area contributed by atoms with Crippen molar-refractivity contribution in [2.24, 2.45) is 0 Å². The maximum Gasteiger partial charge on any atom is 0.161 e. The third-order valence-electron chi connectivity index (χ3n) is 1.73. The summed E-state index contributed by atoms with van der Waals surface area (Å²) in [4.78, 5) is 11.8. The van der Waals surface area contributed by atoms with Crippen LogP contribution in [-0.4, -0.2) is 34.6 Å². The molecule has 1 saturated heterocycles. The molecule has 64 valence electrons. The summed E-state index contributed by atoms with van der Waals surface area (Å²) in [6, 6.07) is 0. The Bertz CT molecular complexity index is 234. The van der Waals surface area contributed by atoms with Crippen LogP contribution < -0.4 is 5.32 Å². The van der Waals surface area contributed by atoms with Crippen LogP contribution in [0.3, 0.4) is 0 Å². The number of ether oxygens (including phenoxy) is 1.